The van der Waals surface area contributed by atoms with Crippen molar-refractivity contribution in [2.24, 2.45) is 5.41 Å². The minimum Gasteiger partial charge on any atom is -0.481 e. The van der Waals surface area contributed by atoms with Gasteiger partial charge in [-0.15, -0.1) is 0 Å². The van der Waals surface area contributed by atoms with Crippen LogP contribution in [0.15, 0.2) is 18.2 Å². The van der Waals surface area contributed by atoms with E-state index in [2.05, 4.69) is 5.32 Å². The summed E-state index contributed by atoms with van der Waals surface area (Å²) in [6.07, 6.45) is 0.559. The Morgan fingerprint density at radius 2 is 1.86 bits per heavy atom. The minimum atomic E-state index is -0.898. The molecule has 0 saturated heterocycles. The summed E-state index contributed by atoms with van der Waals surface area (Å²) in [5.41, 5.74) is 2.55. The standard InChI is InChI=1S/C17H25NO3/c1-11-6-7-14(12(2)8-11)16(21)18-13(9-15(19)20)10-17(3,4)5/h6-8,13H,9-10H2,1-5H3,(H,18,21)(H,19,20). The van der Waals surface area contributed by atoms with Crippen molar-refractivity contribution in [3.05, 3.63) is 34.9 Å². The summed E-state index contributed by atoms with van der Waals surface area (Å²) in [4.78, 5) is 23.3. The van der Waals surface area contributed by atoms with Crippen molar-refractivity contribution in [2.45, 2.75) is 53.5 Å². The highest BCUT2D eigenvalue weighted by molar-refractivity contribution is 5.96. The van der Waals surface area contributed by atoms with Crippen LogP contribution in [0.4, 0.5) is 0 Å². The first kappa shape index (κ1) is 17.2. The summed E-state index contributed by atoms with van der Waals surface area (Å²) in [5.74, 6) is -1.10. The molecule has 1 amide bonds. The third-order valence-electron chi connectivity index (χ3n) is 3.24. The number of benzene rings is 1. The van der Waals surface area contributed by atoms with Crippen LogP contribution < -0.4 is 5.32 Å². The van der Waals surface area contributed by atoms with E-state index in [1.807, 2.05) is 46.8 Å². The van der Waals surface area contributed by atoms with Crippen LogP contribution in [0.5, 0.6) is 0 Å². The van der Waals surface area contributed by atoms with Crippen LogP contribution in [0, 0.1) is 19.3 Å². The summed E-state index contributed by atoms with van der Waals surface area (Å²) in [7, 11) is 0. The number of nitrogens with one attached hydrogen (secondary N) is 1. The van der Waals surface area contributed by atoms with E-state index in [1.165, 1.54) is 0 Å². The van der Waals surface area contributed by atoms with Crippen LogP contribution in [-0.4, -0.2) is 23.0 Å². The molecule has 0 aliphatic carbocycles. The fourth-order valence-corrected chi connectivity index (χ4v) is 2.46. The topological polar surface area (TPSA) is 66.4 Å². The van der Waals surface area contributed by atoms with E-state index in [0.717, 1.165) is 11.1 Å². The highest BCUT2D eigenvalue weighted by Gasteiger charge is 2.23. The average Bonchev–Trinajstić information content (AvgIpc) is 2.24. The molecule has 0 saturated carbocycles. The van der Waals surface area contributed by atoms with E-state index in [4.69, 9.17) is 5.11 Å². The lowest BCUT2D eigenvalue weighted by molar-refractivity contribution is -0.137. The van der Waals surface area contributed by atoms with Crippen LogP contribution in [0.1, 0.15) is 55.1 Å². The van der Waals surface area contributed by atoms with Gasteiger partial charge < -0.3 is 10.4 Å². The molecule has 0 radical (unpaired) electrons. The number of hydrogen-bond acceptors (Lipinski definition) is 2. The van der Waals surface area contributed by atoms with Crippen LogP contribution in [0.2, 0.25) is 0 Å². The predicted molar refractivity (Wildman–Crippen MR) is 83.5 cm³/mol. The molecule has 0 fully saturated rings. The Morgan fingerprint density at radius 1 is 1.24 bits per heavy atom. The molecule has 4 heteroatoms. The first-order chi connectivity index (χ1) is 9.58. The van der Waals surface area contributed by atoms with Gasteiger partial charge in [0.25, 0.3) is 5.91 Å². The summed E-state index contributed by atoms with van der Waals surface area (Å²) in [6, 6.07) is 5.26. The van der Waals surface area contributed by atoms with Crippen LogP contribution in [-0.2, 0) is 4.79 Å². The van der Waals surface area contributed by atoms with Crippen LogP contribution in [0.3, 0.4) is 0 Å². The van der Waals surface area contributed by atoms with Gasteiger partial charge in [0.15, 0.2) is 0 Å². The van der Waals surface area contributed by atoms with Crippen molar-refractivity contribution in [1.82, 2.24) is 5.32 Å². The molecule has 0 heterocycles. The molecular weight excluding hydrogens is 266 g/mol. The van der Waals surface area contributed by atoms with E-state index in [0.29, 0.717) is 12.0 Å². The van der Waals surface area contributed by atoms with Gasteiger partial charge in [0.1, 0.15) is 0 Å². The van der Waals surface area contributed by atoms with Crippen molar-refractivity contribution in [3.63, 3.8) is 0 Å². The molecule has 0 aromatic heterocycles. The van der Waals surface area contributed by atoms with E-state index in [-0.39, 0.29) is 23.8 Å². The number of aryl methyl sites for hydroxylation is 2. The number of carbonyl (C=O) groups excluding carboxylic acids is 1. The van der Waals surface area contributed by atoms with E-state index in [1.54, 1.807) is 6.07 Å². The van der Waals surface area contributed by atoms with Gasteiger partial charge in [-0.2, -0.15) is 0 Å². The summed E-state index contributed by atoms with van der Waals surface area (Å²) >= 11 is 0. The van der Waals surface area contributed by atoms with Crippen molar-refractivity contribution < 1.29 is 14.7 Å². The quantitative estimate of drug-likeness (QED) is 0.874. The Bertz CT molecular complexity index is 529. The van der Waals surface area contributed by atoms with Crippen molar-refractivity contribution in [3.8, 4) is 0 Å². The van der Waals surface area contributed by atoms with Crippen LogP contribution >= 0.6 is 0 Å². The lowest BCUT2D eigenvalue weighted by Crippen LogP contribution is -2.39. The molecule has 0 bridgehead atoms. The highest BCUT2D eigenvalue weighted by atomic mass is 16.4. The zero-order valence-corrected chi connectivity index (χ0v) is 13.5. The fraction of sp³-hybridized carbons (Fsp3) is 0.529. The number of carboxylic acids is 1. The van der Waals surface area contributed by atoms with Gasteiger partial charge in [0.2, 0.25) is 0 Å². The molecule has 116 valence electrons. The number of hydrogen-bond donors (Lipinski definition) is 2. The Labute approximate surface area is 126 Å². The van der Waals surface area contributed by atoms with Gasteiger partial charge in [0, 0.05) is 11.6 Å². The molecule has 1 rings (SSSR count). The van der Waals surface area contributed by atoms with Crippen LogP contribution in [0.25, 0.3) is 0 Å². The molecule has 0 aliphatic rings. The second-order valence-electron chi connectivity index (χ2n) is 6.85. The minimum absolute atomic E-state index is 0.0459. The largest absolute Gasteiger partial charge is 0.481 e. The average molecular weight is 291 g/mol. The predicted octanol–water partition coefficient (Wildman–Crippen LogP) is 3.31. The third-order valence-corrected chi connectivity index (χ3v) is 3.24. The normalized spacial score (nSPS) is 12.8. The smallest absolute Gasteiger partial charge is 0.305 e. The Hall–Kier alpha value is -1.84. The van der Waals surface area contributed by atoms with Gasteiger partial charge in [-0.25, -0.2) is 0 Å². The lowest BCUT2D eigenvalue weighted by atomic mass is 9.87. The summed E-state index contributed by atoms with van der Waals surface area (Å²) < 4.78 is 0. The Kier molecular flexibility index (Phi) is 5.53. The van der Waals surface area contributed by atoms with Gasteiger partial charge in [-0.3, -0.25) is 9.59 Å². The number of rotatable bonds is 5. The molecule has 1 atom stereocenters. The molecule has 0 aliphatic heterocycles. The summed E-state index contributed by atoms with van der Waals surface area (Å²) in [5, 5.41) is 11.9. The van der Waals surface area contributed by atoms with E-state index in [9.17, 15) is 9.59 Å². The lowest BCUT2D eigenvalue weighted by Gasteiger charge is -2.26. The number of aliphatic carboxylic acids is 1. The molecule has 4 nitrogen and oxygen atoms in total. The molecule has 21 heavy (non-hydrogen) atoms. The maximum atomic E-state index is 12.4. The Morgan fingerprint density at radius 3 is 2.33 bits per heavy atom. The molecule has 1 aromatic carbocycles. The first-order valence-corrected chi connectivity index (χ1v) is 7.18. The SMILES string of the molecule is Cc1ccc(C(=O)NC(CC(=O)O)CC(C)(C)C)c(C)c1. The van der Waals surface area contributed by atoms with Gasteiger partial charge in [0.05, 0.1) is 6.42 Å². The molecule has 1 aromatic rings. The number of carboxylic acid groups (broad SMARTS) is 1. The van der Waals surface area contributed by atoms with Crippen molar-refractivity contribution in [1.29, 1.82) is 0 Å². The second-order valence-corrected chi connectivity index (χ2v) is 6.85. The molecule has 2 N–H and O–H groups in total. The molecular formula is C17H25NO3. The number of amides is 1. The maximum absolute atomic E-state index is 12.4. The highest BCUT2D eigenvalue weighted by Crippen LogP contribution is 2.22. The number of carbonyl (C=O) groups is 2. The molecule has 1 unspecified atom stereocenters. The third kappa shape index (κ3) is 5.98. The summed E-state index contributed by atoms with van der Waals surface area (Å²) in [6.45, 7) is 9.96. The first-order valence-electron chi connectivity index (χ1n) is 7.18. The van der Waals surface area contributed by atoms with Crippen molar-refractivity contribution in [2.75, 3.05) is 0 Å². The van der Waals surface area contributed by atoms with Crippen molar-refractivity contribution >= 4 is 11.9 Å². The van der Waals surface area contributed by atoms with Gasteiger partial charge in [-0.1, -0.05) is 38.5 Å². The Balaban J connectivity index is 2.86. The van der Waals surface area contributed by atoms with E-state index >= 15 is 0 Å². The maximum Gasteiger partial charge on any atom is 0.305 e. The van der Waals surface area contributed by atoms with Gasteiger partial charge in [-0.05, 0) is 37.3 Å². The zero-order chi connectivity index (χ0) is 16.2. The second kappa shape index (κ2) is 6.74. The fourth-order valence-electron chi connectivity index (χ4n) is 2.46. The zero-order valence-electron chi connectivity index (χ0n) is 13.5. The monoisotopic (exact) mass is 291 g/mol. The van der Waals surface area contributed by atoms with E-state index < -0.39 is 5.97 Å². The van der Waals surface area contributed by atoms with Gasteiger partial charge >= 0.3 is 5.97 Å². The molecule has 0 spiro atoms.